The van der Waals surface area contributed by atoms with Crippen molar-refractivity contribution in [1.29, 1.82) is 0 Å². The third kappa shape index (κ3) is 2.81. The Morgan fingerprint density at radius 3 is 2.28 bits per heavy atom. The fourth-order valence-corrected chi connectivity index (χ4v) is 2.49. The van der Waals surface area contributed by atoms with E-state index >= 15 is 0 Å². The smallest absolute Gasteiger partial charge is 0.155 e. The molecule has 0 N–H and O–H groups in total. The zero-order valence-corrected chi connectivity index (χ0v) is 11.3. The van der Waals surface area contributed by atoms with Crippen molar-refractivity contribution in [3.63, 3.8) is 0 Å². The van der Waals surface area contributed by atoms with Crippen LogP contribution < -0.4 is 4.90 Å². The summed E-state index contributed by atoms with van der Waals surface area (Å²) in [5.74, 6) is 0.268. The number of rotatable bonds is 4. The summed E-state index contributed by atoms with van der Waals surface area (Å²) in [5.41, 5.74) is 3.64. The lowest BCUT2D eigenvalue weighted by atomic mass is 9.93. The van der Waals surface area contributed by atoms with Gasteiger partial charge in [-0.05, 0) is 56.0 Å². The number of hydrogen-bond donors (Lipinski definition) is 0. The first kappa shape index (κ1) is 12.9. The van der Waals surface area contributed by atoms with Gasteiger partial charge >= 0.3 is 0 Å². The number of carbonyl (C=O) groups is 1. The third-order valence-corrected chi connectivity index (χ3v) is 3.57. The molecule has 18 heavy (non-hydrogen) atoms. The van der Waals surface area contributed by atoms with Gasteiger partial charge in [-0.15, -0.1) is 0 Å². The van der Waals surface area contributed by atoms with Gasteiger partial charge in [0, 0.05) is 25.2 Å². The largest absolute Gasteiger partial charge is 0.372 e. The Labute approximate surface area is 109 Å². The van der Waals surface area contributed by atoms with Crippen molar-refractivity contribution in [2.45, 2.75) is 33.1 Å². The standard InChI is InChI=1S/C16H21NO/c1-3-17(4-2)15-10-8-13(9-11-15)14-6-5-7-16(18)12-14/h8-12H,3-7H2,1-2H3. The van der Waals surface area contributed by atoms with Crippen molar-refractivity contribution in [2.75, 3.05) is 18.0 Å². The first-order valence-electron chi connectivity index (χ1n) is 6.83. The molecule has 1 aliphatic rings. The van der Waals surface area contributed by atoms with E-state index in [9.17, 15) is 4.79 Å². The molecule has 0 aliphatic heterocycles. The summed E-state index contributed by atoms with van der Waals surface area (Å²) in [6.45, 7) is 6.38. The molecule has 0 fully saturated rings. The molecule has 2 rings (SSSR count). The average Bonchev–Trinajstić information content (AvgIpc) is 2.41. The summed E-state index contributed by atoms with van der Waals surface area (Å²) in [4.78, 5) is 13.8. The molecule has 96 valence electrons. The highest BCUT2D eigenvalue weighted by molar-refractivity contribution is 5.98. The van der Waals surface area contributed by atoms with Gasteiger partial charge in [0.15, 0.2) is 5.78 Å². The summed E-state index contributed by atoms with van der Waals surface area (Å²) in [7, 11) is 0. The van der Waals surface area contributed by atoms with E-state index in [1.54, 1.807) is 0 Å². The molecule has 0 bridgehead atoms. The van der Waals surface area contributed by atoms with Gasteiger partial charge in [0.2, 0.25) is 0 Å². The summed E-state index contributed by atoms with van der Waals surface area (Å²) < 4.78 is 0. The zero-order valence-electron chi connectivity index (χ0n) is 11.3. The van der Waals surface area contributed by atoms with Gasteiger partial charge in [-0.2, -0.15) is 0 Å². The van der Waals surface area contributed by atoms with Crippen molar-refractivity contribution in [3.05, 3.63) is 35.9 Å². The lowest BCUT2D eigenvalue weighted by Gasteiger charge is -2.21. The monoisotopic (exact) mass is 243 g/mol. The lowest BCUT2D eigenvalue weighted by molar-refractivity contribution is -0.114. The number of benzene rings is 1. The van der Waals surface area contributed by atoms with Crippen LogP contribution in [-0.4, -0.2) is 18.9 Å². The van der Waals surface area contributed by atoms with Crippen molar-refractivity contribution < 1.29 is 4.79 Å². The molecular formula is C16H21NO. The normalized spacial score (nSPS) is 15.4. The summed E-state index contributed by atoms with van der Waals surface area (Å²) >= 11 is 0. The molecule has 0 radical (unpaired) electrons. The maximum absolute atomic E-state index is 11.4. The number of hydrogen-bond acceptors (Lipinski definition) is 2. The first-order valence-corrected chi connectivity index (χ1v) is 6.83. The highest BCUT2D eigenvalue weighted by atomic mass is 16.1. The molecular weight excluding hydrogens is 222 g/mol. The van der Waals surface area contributed by atoms with E-state index in [1.807, 2.05) is 6.08 Å². The maximum atomic E-state index is 11.4. The number of carbonyl (C=O) groups excluding carboxylic acids is 1. The predicted octanol–water partition coefficient (Wildman–Crippen LogP) is 3.67. The Kier molecular flexibility index (Phi) is 4.19. The second-order valence-corrected chi connectivity index (χ2v) is 4.71. The van der Waals surface area contributed by atoms with Crippen LogP contribution in [0.1, 0.15) is 38.7 Å². The van der Waals surface area contributed by atoms with Gasteiger partial charge in [-0.3, -0.25) is 4.79 Å². The summed E-state index contributed by atoms with van der Waals surface area (Å²) in [6, 6.07) is 8.58. The minimum atomic E-state index is 0.268. The van der Waals surface area contributed by atoms with E-state index in [0.29, 0.717) is 6.42 Å². The van der Waals surface area contributed by atoms with Gasteiger partial charge in [-0.1, -0.05) is 12.1 Å². The van der Waals surface area contributed by atoms with Crippen LogP contribution in [0.5, 0.6) is 0 Å². The maximum Gasteiger partial charge on any atom is 0.155 e. The van der Waals surface area contributed by atoms with Crippen LogP contribution in [0.15, 0.2) is 30.3 Å². The molecule has 0 saturated heterocycles. The number of ketones is 1. The molecule has 0 unspecified atom stereocenters. The Balaban J connectivity index is 2.19. The zero-order chi connectivity index (χ0) is 13.0. The lowest BCUT2D eigenvalue weighted by Crippen LogP contribution is -2.21. The van der Waals surface area contributed by atoms with Crippen LogP contribution in [0, 0.1) is 0 Å². The quantitative estimate of drug-likeness (QED) is 0.804. The van der Waals surface area contributed by atoms with Crippen molar-refractivity contribution in [2.24, 2.45) is 0 Å². The molecule has 0 heterocycles. The fourth-order valence-electron chi connectivity index (χ4n) is 2.49. The van der Waals surface area contributed by atoms with Crippen LogP contribution >= 0.6 is 0 Å². The predicted molar refractivity (Wildman–Crippen MR) is 76.8 cm³/mol. The van der Waals surface area contributed by atoms with Crippen LogP contribution in [0.25, 0.3) is 5.57 Å². The number of allylic oxidation sites excluding steroid dienone is 2. The minimum absolute atomic E-state index is 0.268. The molecule has 2 heteroatoms. The molecule has 0 amide bonds. The molecule has 0 spiro atoms. The van der Waals surface area contributed by atoms with Gasteiger partial charge in [-0.25, -0.2) is 0 Å². The van der Waals surface area contributed by atoms with E-state index in [4.69, 9.17) is 0 Å². The molecule has 0 saturated carbocycles. The van der Waals surface area contributed by atoms with Gasteiger partial charge < -0.3 is 4.90 Å². The topological polar surface area (TPSA) is 20.3 Å². The summed E-state index contributed by atoms with van der Waals surface area (Å²) in [5, 5.41) is 0. The van der Waals surface area contributed by atoms with Crippen molar-refractivity contribution in [3.8, 4) is 0 Å². The van der Waals surface area contributed by atoms with E-state index in [-0.39, 0.29) is 5.78 Å². The second kappa shape index (κ2) is 5.85. The van der Waals surface area contributed by atoms with E-state index in [0.717, 1.165) is 25.9 Å². The average molecular weight is 243 g/mol. The Bertz CT molecular complexity index is 441. The van der Waals surface area contributed by atoms with E-state index in [2.05, 4.69) is 43.0 Å². The SMILES string of the molecule is CCN(CC)c1ccc(C2=CC(=O)CCC2)cc1. The minimum Gasteiger partial charge on any atom is -0.372 e. The van der Waals surface area contributed by atoms with Crippen LogP contribution in [0.2, 0.25) is 0 Å². The Morgan fingerprint density at radius 1 is 1.06 bits per heavy atom. The first-order chi connectivity index (χ1) is 8.74. The molecule has 1 aliphatic carbocycles. The summed E-state index contributed by atoms with van der Waals surface area (Å²) in [6.07, 6.45) is 4.54. The fraction of sp³-hybridized carbons (Fsp3) is 0.438. The Hall–Kier alpha value is -1.57. The van der Waals surface area contributed by atoms with Crippen molar-refractivity contribution in [1.82, 2.24) is 0 Å². The number of nitrogens with zero attached hydrogens (tertiary/aromatic N) is 1. The highest BCUT2D eigenvalue weighted by Gasteiger charge is 2.11. The molecule has 0 aromatic heterocycles. The van der Waals surface area contributed by atoms with E-state index in [1.165, 1.54) is 16.8 Å². The molecule has 0 atom stereocenters. The third-order valence-electron chi connectivity index (χ3n) is 3.57. The molecule has 1 aromatic rings. The van der Waals surface area contributed by atoms with Gasteiger partial charge in [0.05, 0.1) is 0 Å². The molecule has 2 nitrogen and oxygen atoms in total. The van der Waals surface area contributed by atoms with Crippen molar-refractivity contribution >= 4 is 17.0 Å². The Morgan fingerprint density at radius 2 is 1.72 bits per heavy atom. The molecule has 1 aromatic carbocycles. The number of anilines is 1. The van der Waals surface area contributed by atoms with E-state index < -0.39 is 0 Å². The van der Waals surface area contributed by atoms with Gasteiger partial charge in [0.25, 0.3) is 0 Å². The van der Waals surface area contributed by atoms with Gasteiger partial charge in [0.1, 0.15) is 0 Å². The van der Waals surface area contributed by atoms with Crippen LogP contribution in [0.4, 0.5) is 5.69 Å². The second-order valence-electron chi connectivity index (χ2n) is 4.71. The highest BCUT2D eigenvalue weighted by Crippen LogP contribution is 2.26. The van der Waals surface area contributed by atoms with Crippen LogP contribution in [0.3, 0.4) is 0 Å². The van der Waals surface area contributed by atoms with Crippen LogP contribution in [-0.2, 0) is 4.79 Å².